The molecule has 3 saturated carbocycles. The van der Waals surface area contributed by atoms with E-state index in [-0.39, 0.29) is 52.3 Å². The molecule has 0 aliphatic heterocycles. The molecule has 1 aromatic rings. The number of furan rings is 1. The quantitative estimate of drug-likeness (QED) is 0.449. The van der Waals surface area contributed by atoms with Gasteiger partial charge in [0.05, 0.1) is 12.4 Å². The van der Waals surface area contributed by atoms with Crippen LogP contribution in [0.3, 0.4) is 0 Å². The summed E-state index contributed by atoms with van der Waals surface area (Å²) < 4.78 is 28.7. The number of ether oxygens (including phenoxy) is 2. The van der Waals surface area contributed by atoms with Crippen LogP contribution in [-0.4, -0.2) is 34.9 Å². The Labute approximate surface area is 209 Å². The average molecular weight is 503 g/mol. The van der Waals surface area contributed by atoms with E-state index in [1.165, 1.54) is 12.3 Å². The fraction of sp³-hybridized carbons (Fsp3) is 0.593. The van der Waals surface area contributed by atoms with Crippen molar-refractivity contribution in [1.82, 2.24) is 0 Å². The number of halogens is 1. The number of aliphatic hydroxyl groups is 1. The molecule has 8 atom stereocenters. The topological polar surface area (TPSA) is 86.0 Å². The van der Waals surface area contributed by atoms with E-state index in [4.69, 9.17) is 26.1 Å². The van der Waals surface area contributed by atoms with Crippen molar-refractivity contribution in [1.29, 1.82) is 0 Å². The fourth-order valence-corrected chi connectivity index (χ4v) is 8.58. The van der Waals surface area contributed by atoms with Gasteiger partial charge in [-0.25, -0.2) is 9.18 Å². The summed E-state index contributed by atoms with van der Waals surface area (Å²) >= 11 is 5.48. The molecule has 0 amide bonds. The molecule has 1 heterocycles. The Morgan fingerprint density at radius 1 is 1.37 bits per heavy atom. The molecule has 0 spiro atoms. The molecular weight excluding hydrogens is 471 g/mol. The maximum absolute atomic E-state index is 13.0. The van der Waals surface area contributed by atoms with Gasteiger partial charge in [0, 0.05) is 17.3 Å². The van der Waals surface area contributed by atoms with Crippen molar-refractivity contribution in [3.05, 3.63) is 47.6 Å². The van der Waals surface area contributed by atoms with Crippen LogP contribution in [0.4, 0.5) is 4.39 Å². The third-order valence-electron chi connectivity index (χ3n) is 9.28. The number of ketones is 1. The van der Waals surface area contributed by atoms with Crippen LogP contribution in [0.25, 0.3) is 0 Å². The predicted molar refractivity (Wildman–Crippen MR) is 129 cm³/mol. The first-order valence-electron chi connectivity index (χ1n) is 12.2. The summed E-state index contributed by atoms with van der Waals surface area (Å²) in [7, 11) is 0. The zero-order valence-corrected chi connectivity index (χ0v) is 21.0. The number of alkyl halides is 1. The van der Waals surface area contributed by atoms with Crippen molar-refractivity contribution in [3.63, 3.8) is 0 Å². The van der Waals surface area contributed by atoms with Crippen LogP contribution in [0.2, 0.25) is 0 Å². The first-order valence-corrected chi connectivity index (χ1v) is 12.7. The second kappa shape index (κ2) is 8.66. The van der Waals surface area contributed by atoms with E-state index in [2.05, 4.69) is 13.8 Å². The van der Waals surface area contributed by atoms with E-state index in [1.807, 2.05) is 6.92 Å². The fourth-order valence-electron chi connectivity index (χ4n) is 8.03. The third-order valence-corrected chi connectivity index (χ3v) is 9.65. The van der Waals surface area contributed by atoms with Crippen molar-refractivity contribution < 1.29 is 33.0 Å². The van der Waals surface area contributed by atoms with Crippen molar-refractivity contribution in [2.45, 2.75) is 52.6 Å². The van der Waals surface area contributed by atoms with Gasteiger partial charge in [-0.2, -0.15) is 0 Å². The zero-order chi connectivity index (χ0) is 25.1. The molecular formula is C27H31FO6S. The Morgan fingerprint density at radius 3 is 2.83 bits per heavy atom. The second-order valence-electron chi connectivity index (χ2n) is 11.1. The number of allylic oxidation sites excluding steroid dienone is 3. The van der Waals surface area contributed by atoms with Gasteiger partial charge >= 0.3 is 5.97 Å². The van der Waals surface area contributed by atoms with Gasteiger partial charge in [0.25, 0.3) is 0 Å². The first kappa shape index (κ1) is 24.4. The Balaban J connectivity index is 1.48. The van der Waals surface area contributed by atoms with Gasteiger partial charge < -0.3 is 19.0 Å². The van der Waals surface area contributed by atoms with Crippen LogP contribution >= 0.6 is 12.2 Å². The predicted octanol–water partition coefficient (Wildman–Crippen LogP) is 5.18. The molecule has 188 valence electrons. The number of carbonyl (C=O) groups excluding carboxylic acids is 2. The standard InChI is InChI=1S/C27H31FO6S/c1-14-9-17-16-7-6-15-10-18(29)21(34-24(31)20-5-4-8-32-20)12-26(15,2)23(16)19(30)11-27(17,3)22(14)25(35)33-13-28/h4-5,8,10,12,14,16-17,19,22-23,30H,6-7,9,11,13H2,1-3H3/t14?,16-,17-,19-,22?,23+,26-,27-/m0/s1. The van der Waals surface area contributed by atoms with Gasteiger partial charge in [0.2, 0.25) is 18.4 Å². The summed E-state index contributed by atoms with van der Waals surface area (Å²) in [6.07, 6.45) is 7.02. The minimum atomic E-state index is -0.943. The highest BCUT2D eigenvalue weighted by Gasteiger charge is 2.64. The van der Waals surface area contributed by atoms with Crippen molar-refractivity contribution in [2.75, 3.05) is 6.86 Å². The molecule has 4 aliphatic rings. The molecule has 0 radical (unpaired) electrons. The van der Waals surface area contributed by atoms with Crippen LogP contribution in [0.5, 0.6) is 0 Å². The van der Waals surface area contributed by atoms with Crippen molar-refractivity contribution >= 4 is 29.0 Å². The monoisotopic (exact) mass is 502 g/mol. The molecule has 4 aliphatic carbocycles. The van der Waals surface area contributed by atoms with E-state index < -0.39 is 24.3 Å². The highest BCUT2D eigenvalue weighted by Crippen LogP contribution is 2.67. The number of hydrogen-bond donors (Lipinski definition) is 1. The van der Waals surface area contributed by atoms with Crippen LogP contribution in [0.1, 0.15) is 57.0 Å². The summed E-state index contributed by atoms with van der Waals surface area (Å²) in [5, 5.41) is 11.9. The molecule has 6 nitrogen and oxygen atoms in total. The maximum atomic E-state index is 13.0. The lowest BCUT2D eigenvalue weighted by Crippen LogP contribution is -2.56. The molecule has 5 rings (SSSR count). The number of fused-ring (bicyclic) bond motifs is 5. The molecule has 0 bridgehead atoms. The van der Waals surface area contributed by atoms with Crippen LogP contribution in [0, 0.1) is 40.4 Å². The smallest absolute Gasteiger partial charge is 0.379 e. The lowest BCUT2D eigenvalue weighted by atomic mass is 9.47. The summed E-state index contributed by atoms with van der Waals surface area (Å²) in [4.78, 5) is 25.3. The minimum Gasteiger partial charge on any atom is -0.457 e. The normalized spacial score (nSPS) is 40.1. The van der Waals surface area contributed by atoms with Crippen molar-refractivity contribution in [2.24, 2.45) is 40.4 Å². The Kier molecular flexibility index (Phi) is 6.03. The Bertz CT molecular complexity index is 1110. The zero-order valence-electron chi connectivity index (χ0n) is 20.2. The highest BCUT2D eigenvalue weighted by atomic mass is 32.1. The lowest BCUT2D eigenvalue weighted by Gasteiger charge is -2.58. The summed E-state index contributed by atoms with van der Waals surface area (Å²) in [5.41, 5.74) is 0.0309. The van der Waals surface area contributed by atoms with Gasteiger partial charge in [0.15, 0.2) is 10.8 Å². The van der Waals surface area contributed by atoms with Gasteiger partial charge in [-0.15, -0.1) is 0 Å². The highest BCUT2D eigenvalue weighted by molar-refractivity contribution is 7.80. The van der Waals surface area contributed by atoms with Gasteiger partial charge in [0.1, 0.15) is 0 Å². The van der Waals surface area contributed by atoms with Gasteiger partial charge in [-0.1, -0.05) is 26.3 Å². The summed E-state index contributed by atoms with van der Waals surface area (Å²) in [6, 6.07) is 3.06. The maximum Gasteiger partial charge on any atom is 0.379 e. The number of aliphatic hydroxyl groups excluding tert-OH is 1. The number of carbonyl (C=O) groups is 2. The van der Waals surface area contributed by atoms with Crippen molar-refractivity contribution in [3.8, 4) is 0 Å². The molecule has 1 N–H and O–H groups in total. The van der Waals surface area contributed by atoms with Gasteiger partial charge in [-0.05, 0) is 85.4 Å². The number of thiocarbonyl (C=S) groups is 1. The molecule has 2 unspecified atom stereocenters. The SMILES string of the molecule is CC1C[C@H]2[C@@H]3CCC4=CC(=O)C(OC(=O)c5ccco5)=C[C@]4(C)[C@H]3[C@@H](O)C[C@]2(C)C1C(=S)OCF. The molecule has 0 saturated heterocycles. The van der Waals surface area contributed by atoms with E-state index in [1.54, 1.807) is 18.2 Å². The number of hydrogen-bond acceptors (Lipinski definition) is 7. The average Bonchev–Trinajstić information content (AvgIpc) is 3.40. The van der Waals surface area contributed by atoms with E-state index in [0.29, 0.717) is 11.5 Å². The largest absolute Gasteiger partial charge is 0.457 e. The molecule has 8 heteroatoms. The van der Waals surface area contributed by atoms with E-state index in [0.717, 1.165) is 24.8 Å². The Morgan fingerprint density at radius 2 is 2.14 bits per heavy atom. The summed E-state index contributed by atoms with van der Waals surface area (Å²) in [6.45, 7) is 5.37. The summed E-state index contributed by atoms with van der Waals surface area (Å²) in [5.74, 6) is -0.677. The number of rotatable bonds is 4. The molecule has 1 aromatic heterocycles. The van der Waals surface area contributed by atoms with E-state index >= 15 is 0 Å². The van der Waals surface area contributed by atoms with Crippen LogP contribution in [-0.2, 0) is 14.3 Å². The van der Waals surface area contributed by atoms with E-state index in [9.17, 15) is 19.1 Å². The lowest BCUT2D eigenvalue weighted by molar-refractivity contribution is -0.119. The number of esters is 1. The molecule has 0 aromatic carbocycles. The third kappa shape index (κ3) is 3.71. The van der Waals surface area contributed by atoms with Gasteiger partial charge in [-0.3, -0.25) is 4.79 Å². The first-order chi connectivity index (χ1) is 16.6. The minimum absolute atomic E-state index is 0.0195. The second-order valence-corrected chi connectivity index (χ2v) is 11.5. The Hall–Kier alpha value is -2.32. The van der Waals surface area contributed by atoms with Crippen LogP contribution < -0.4 is 0 Å². The molecule has 3 fully saturated rings. The van der Waals surface area contributed by atoms with Crippen LogP contribution in [0.15, 0.2) is 46.3 Å². The molecule has 35 heavy (non-hydrogen) atoms.